The fourth-order valence-corrected chi connectivity index (χ4v) is 3.37. The number of hydrogen-bond acceptors (Lipinski definition) is 5. The lowest BCUT2D eigenvalue weighted by Crippen LogP contribution is -2.37. The minimum Gasteiger partial charge on any atom is -0.381 e. The molecule has 2 aromatic rings. The monoisotopic (exact) mass is 285 g/mol. The van der Waals surface area contributed by atoms with E-state index in [1.807, 2.05) is 0 Å². The van der Waals surface area contributed by atoms with Crippen LogP contribution in [-0.4, -0.2) is 29.4 Å². The summed E-state index contributed by atoms with van der Waals surface area (Å²) < 4.78 is 11.0. The van der Waals surface area contributed by atoms with Crippen molar-refractivity contribution < 1.29 is 9.26 Å². The molecule has 2 N–H and O–H groups in total. The van der Waals surface area contributed by atoms with Crippen LogP contribution in [0.4, 0.5) is 0 Å². The van der Waals surface area contributed by atoms with Gasteiger partial charge in [-0.2, -0.15) is 4.98 Å². The quantitative estimate of drug-likeness (QED) is 0.913. The lowest BCUT2D eigenvalue weighted by atomic mass is 9.96. The second-order valence-corrected chi connectivity index (χ2v) is 5.91. The third-order valence-corrected chi connectivity index (χ3v) is 4.63. The van der Waals surface area contributed by atoms with Crippen molar-refractivity contribution in [2.75, 3.05) is 13.2 Å². The van der Waals surface area contributed by atoms with Crippen LogP contribution in [0.2, 0.25) is 0 Å². The minimum atomic E-state index is 0.0247. The van der Waals surface area contributed by atoms with Gasteiger partial charge in [0.15, 0.2) is 5.82 Å². The van der Waals surface area contributed by atoms with E-state index in [1.54, 1.807) is 0 Å². The zero-order valence-corrected chi connectivity index (χ0v) is 11.9. The zero-order chi connectivity index (χ0) is 14.2. The Kier molecular flexibility index (Phi) is 3.24. The molecule has 1 fully saturated rings. The molecule has 1 aliphatic heterocycles. The third-order valence-electron chi connectivity index (χ3n) is 4.63. The fourth-order valence-electron chi connectivity index (χ4n) is 3.37. The Morgan fingerprint density at radius 3 is 3.00 bits per heavy atom. The summed E-state index contributed by atoms with van der Waals surface area (Å²) in [6, 6.07) is 8.55. The molecule has 1 aliphatic carbocycles. The highest BCUT2D eigenvalue weighted by Crippen LogP contribution is 2.37. The van der Waals surface area contributed by atoms with Crippen molar-refractivity contribution in [2.45, 2.75) is 37.1 Å². The van der Waals surface area contributed by atoms with Crippen LogP contribution >= 0.6 is 0 Å². The Labute approximate surface area is 123 Å². The van der Waals surface area contributed by atoms with Gasteiger partial charge in [-0.05, 0) is 30.4 Å². The fraction of sp³-hybridized carbons (Fsp3) is 0.500. The van der Waals surface area contributed by atoms with Gasteiger partial charge in [-0.1, -0.05) is 29.4 Å². The van der Waals surface area contributed by atoms with Gasteiger partial charge in [-0.25, -0.2) is 0 Å². The van der Waals surface area contributed by atoms with E-state index in [9.17, 15) is 0 Å². The molecule has 0 amide bonds. The van der Waals surface area contributed by atoms with Gasteiger partial charge in [0.05, 0.1) is 12.5 Å². The van der Waals surface area contributed by atoms with Crippen LogP contribution in [0.3, 0.4) is 0 Å². The maximum atomic E-state index is 6.14. The van der Waals surface area contributed by atoms with Crippen molar-refractivity contribution in [1.29, 1.82) is 0 Å². The van der Waals surface area contributed by atoms with Crippen LogP contribution in [-0.2, 0) is 11.2 Å². The SMILES string of the molecule is NC1CCOCC1c1nc(C2CCc3ccccc32)no1. The van der Waals surface area contributed by atoms with E-state index in [4.69, 9.17) is 15.0 Å². The van der Waals surface area contributed by atoms with E-state index >= 15 is 0 Å². The summed E-state index contributed by atoms with van der Waals surface area (Å²) in [5, 5.41) is 4.21. The highest BCUT2D eigenvalue weighted by Gasteiger charge is 2.32. The summed E-state index contributed by atoms with van der Waals surface area (Å²) >= 11 is 0. The van der Waals surface area contributed by atoms with Gasteiger partial charge in [0.25, 0.3) is 0 Å². The molecule has 0 bridgehead atoms. The van der Waals surface area contributed by atoms with Crippen molar-refractivity contribution in [1.82, 2.24) is 10.1 Å². The first-order chi connectivity index (χ1) is 10.3. The molecule has 4 rings (SSSR count). The highest BCUT2D eigenvalue weighted by atomic mass is 16.5. The highest BCUT2D eigenvalue weighted by molar-refractivity contribution is 5.38. The Morgan fingerprint density at radius 1 is 1.19 bits per heavy atom. The van der Waals surface area contributed by atoms with E-state index in [-0.39, 0.29) is 17.9 Å². The molecule has 1 aromatic heterocycles. The van der Waals surface area contributed by atoms with Crippen LogP contribution in [0, 0.1) is 0 Å². The molecule has 21 heavy (non-hydrogen) atoms. The number of fused-ring (bicyclic) bond motifs is 1. The van der Waals surface area contributed by atoms with Crippen molar-refractivity contribution >= 4 is 0 Å². The summed E-state index contributed by atoms with van der Waals surface area (Å²) in [6.45, 7) is 1.29. The second-order valence-electron chi connectivity index (χ2n) is 5.91. The lowest BCUT2D eigenvalue weighted by molar-refractivity contribution is 0.0590. The molecule has 2 aliphatic rings. The zero-order valence-electron chi connectivity index (χ0n) is 11.9. The summed E-state index contributed by atoms with van der Waals surface area (Å²) in [5.74, 6) is 1.69. The summed E-state index contributed by atoms with van der Waals surface area (Å²) in [7, 11) is 0. The minimum absolute atomic E-state index is 0.0247. The third kappa shape index (κ3) is 2.26. The van der Waals surface area contributed by atoms with E-state index in [2.05, 4.69) is 34.4 Å². The number of rotatable bonds is 2. The summed E-state index contributed by atoms with van der Waals surface area (Å²) in [6.07, 6.45) is 2.97. The van der Waals surface area contributed by atoms with Crippen LogP contribution < -0.4 is 5.73 Å². The van der Waals surface area contributed by atoms with E-state index in [1.165, 1.54) is 11.1 Å². The average Bonchev–Trinajstić information content (AvgIpc) is 3.14. The van der Waals surface area contributed by atoms with Crippen LogP contribution in [0.1, 0.15) is 47.5 Å². The second kappa shape index (κ2) is 5.24. The molecule has 5 nitrogen and oxygen atoms in total. The molecular weight excluding hydrogens is 266 g/mol. The van der Waals surface area contributed by atoms with Crippen LogP contribution in [0.5, 0.6) is 0 Å². The predicted octanol–water partition coefficient (Wildman–Crippen LogP) is 1.98. The van der Waals surface area contributed by atoms with Gasteiger partial charge < -0.3 is 15.0 Å². The molecule has 0 saturated carbocycles. The molecule has 110 valence electrons. The van der Waals surface area contributed by atoms with Gasteiger partial charge in [-0.15, -0.1) is 0 Å². The van der Waals surface area contributed by atoms with Crippen LogP contribution in [0.25, 0.3) is 0 Å². The number of ether oxygens (including phenoxy) is 1. The molecule has 3 atom stereocenters. The van der Waals surface area contributed by atoms with Gasteiger partial charge in [0.1, 0.15) is 0 Å². The van der Waals surface area contributed by atoms with E-state index < -0.39 is 0 Å². The predicted molar refractivity (Wildman–Crippen MR) is 77.1 cm³/mol. The molecule has 1 aromatic carbocycles. The maximum Gasteiger partial charge on any atom is 0.233 e. The van der Waals surface area contributed by atoms with Gasteiger partial charge in [0, 0.05) is 18.6 Å². The number of benzene rings is 1. The normalized spacial score (nSPS) is 28.5. The summed E-state index contributed by atoms with van der Waals surface area (Å²) in [4.78, 5) is 4.63. The molecule has 0 spiro atoms. The first kappa shape index (κ1) is 13.0. The van der Waals surface area contributed by atoms with Gasteiger partial charge in [0.2, 0.25) is 5.89 Å². The smallest absolute Gasteiger partial charge is 0.233 e. The molecule has 1 saturated heterocycles. The number of aromatic nitrogens is 2. The Balaban J connectivity index is 1.61. The van der Waals surface area contributed by atoms with Gasteiger partial charge >= 0.3 is 0 Å². The Morgan fingerprint density at radius 2 is 2.10 bits per heavy atom. The Hall–Kier alpha value is -1.72. The van der Waals surface area contributed by atoms with E-state index in [0.717, 1.165) is 25.1 Å². The molecule has 0 radical (unpaired) electrons. The van der Waals surface area contributed by atoms with Crippen molar-refractivity contribution in [2.24, 2.45) is 5.73 Å². The van der Waals surface area contributed by atoms with Gasteiger partial charge in [-0.3, -0.25) is 0 Å². The van der Waals surface area contributed by atoms with E-state index in [0.29, 0.717) is 19.1 Å². The number of nitrogens with zero attached hydrogens (tertiary/aromatic N) is 2. The number of hydrogen-bond donors (Lipinski definition) is 1. The topological polar surface area (TPSA) is 74.2 Å². The molecule has 5 heteroatoms. The molecule has 2 heterocycles. The standard InChI is InChI=1S/C16H19N3O2/c17-14-7-8-20-9-13(14)16-18-15(19-21-16)12-6-5-10-3-1-2-4-11(10)12/h1-4,12-14H,5-9,17H2. The number of nitrogens with two attached hydrogens (primary N) is 1. The molecular formula is C16H19N3O2. The lowest BCUT2D eigenvalue weighted by Gasteiger charge is -2.25. The largest absolute Gasteiger partial charge is 0.381 e. The Bertz CT molecular complexity index is 640. The maximum absolute atomic E-state index is 6.14. The van der Waals surface area contributed by atoms with Crippen molar-refractivity contribution in [3.63, 3.8) is 0 Å². The van der Waals surface area contributed by atoms with Crippen LogP contribution in [0.15, 0.2) is 28.8 Å². The average molecular weight is 285 g/mol. The first-order valence-corrected chi connectivity index (χ1v) is 7.57. The summed E-state index contributed by atoms with van der Waals surface area (Å²) in [5.41, 5.74) is 8.87. The van der Waals surface area contributed by atoms with Crippen molar-refractivity contribution in [3.05, 3.63) is 47.1 Å². The van der Waals surface area contributed by atoms with Crippen molar-refractivity contribution in [3.8, 4) is 0 Å². The number of aryl methyl sites for hydroxylation is 1. The first-order valence-electron chi connectivity index (χ1n) is 7.57. The molecule has 3 unspecified atom stereocenters.